The molecular formula is C23H25F3N4O4. The number of amides is 3. The van der Waals surface area contributed by atoms with Crippen LogP contribution in [0.3, 0.4) is 0 Å². The Balaban J connectivity index is 1.29. The highest BCUT2D eigenvalue weighted by molar-refractivity contribution is 5.96. The van der Waals surface area contributed by atoms with Crippen molar-refractivity contribution in [2.75, 3.05) is 44.2 Å². The molecule has 0 saturated carbocycles. The smallest absolute Gasteiger partial charge is 0.416 e. The molecule has 182 valence electrons. The quantitative estimate of drug-likeness (QED) is 0.610. The second-order valence-electron chi connectivity index (χ2n) is 8.03. The van der Waals surface area contributed by atoms with Gasteiger partial charge in [0.05, 0.1) is 18.7 Å². The number of likely N-dealkylation sites (tertiary alicyclic amines) is 1. The van der Waals surface area contributed by atoms with Gasteiger partial charge >= 0.3 is 12.2 Å². The standard InChI is InChI=1S/C23H25F3N4O4/c1-2-33-18-5-3-17(4-6-18)30-12-11-29(22(30)32)15-21(31)28-10-8-19(14-28)34-20-13-16(7-9-27-20)23(24,25)26/h3-7,9,13,19H,2,8,10-12,14-15H2,1H3. The maximum atomic E-state index is 12.9. The normalized spacial score (nSPS) is 18.5. The van der Waals surface area contributed by atoms with Crippen LogP contribution in [0.2, 0.25) is 0 Å². The Morgan fingerprint density at radius 1 is 1.15 bits per heavy atom. The van der Waals surface area contributed by atoms with Crippen LogP contribution < -0.4 is 14.4 Å². The summed E-state index contributed by atoms with van der Waals surface area (Å²) in [5.74, 6) is 0.357. The van der Waals surface area contributed by atoms with Crippen molar-refractivity contribution >= 4 is 17.6 Å². The minimum absolute atomic E-state index is 0.0686. The topological polar surface area (TPSA) is 75.2 Å². The molecule has 2 fully saturated rings. The summed E-state index contributed by atoms with van der Waals surface area (Å²) in [7, 11) is 0. The molecule has 1 atom stereocenters. The van der Waals surface area contributed by atoms with Gasteiger partial charge in [0.2, 0.25) is 11.8 Å². The number of hydrogen-bond acceptors (Lipinski definition) is 5. The summed E-state index contributed by atoms with van der Waals surface area (Å²) in [6.07, 6.45) is -3.43. The molecule has 4 rings (SSSR count). The summed E-state index contributed by atoms with van der Waals surface area (Å²) in [6.45, 7) is 3.88. The predicted molar refractivity (Wildman–Crippen MR) is 117 cm³/mol. The van der Waals surface area contributed by atoms with Crippen molar-refractivity contribution in [3.8, 4) is 11.6 Å². The van der Waals surface area contributed by atoms with Crippen LogP contribution in [0.4, 0.5) is 23.7 Å². The van der Waals surface area contributed by atoms with Gasteiger partial charge in [0.1, 0.15) is 18.4 Å². The Morgan fingerprint density at radius 2 is 1.91 bits per heavy atom. The number of ether oxygens (including phenoxy) is 2. The highest BCUT2D eigenvalue weighted by Crippen LogP contribution is 2.31. The molecule has 0 aliphatic carbocycles. The number of carbonyl (C=O) groups excluding carboxylic acids is 2. The van der Waals surface area contributed by atoms with E-state index in [2.05, 4.69) is 4.98 Å². The maximum absolute atomic E-state index is 12.9. The van der Waals surface area contributed by atoms with Gasteiger partial charge in [0.15, 0.2) is 0 Å². The number of benzene rings is 1. The van der Waals surface area contributed by atoms with E-state index in [4.69, 9.17) is 9.47 Å². The van der Waals surface area contributed by atoms with Gasteiger partial charge in [-0.25, -0.2) is 9.78 Å². The summed E-state index contributed by atoms with van der Waals surface area (Å²) in [6, 6.07) is 8.67. The molecule has 2 aliphatic heterocycles. The van der Waals surface area contributed by atoms with E-state index in [1.54, 1.807) is 34.1 Å². The second-order valence-corrected chi connectivity index (χ2v) is 8.03. The second kappa shape index (κ2) is 9.78. The van der Waals surface area contributed by atoms with E-state index >= 15 is 0 Å². The largest absolute Gasteiger partial charge is 0.494 e. The molecule has 34 heavy (non-hydrogen) atoms. The van der Waals surface area contributed by atoms with E-state index in [0.29, 0.717) is 32.7 Å². The number of rotatable bonds is 7. The van der Waals surface area contributed by atoms with Crippen molar-refractivity contribution in [3.05, 3.63) is 48.2 Å². The number of urea groups is 1. The Labute approximate surface area is 194 Å². The Hall–Kier alpha value is -3.50. The van der Waals surface area contributed by atoms with Gasteiger partial charge in [-0.3, -0.25) is 9.69 Å². The zero-order valence-corrected chi connectivity index (χ0v) is 18.6. The van der Waals surface area contributed by atoms with Crippen molar-refractivity contribution in [2.24, 2.45) is 0 Å². The first-order chi connectivity index (χ1) is 16.2. The van der Waals surface area contributed by atoms with Crippen molar-refractivity contribution in [3.63, 3.8) is 0 Å². The van der Waals surface area contributed by atoms with Gasteiger partial charge in [-0.2, -0.15) is 13.2 Å². The zero-order chi connectivity index (χ0) is 24.3. The lowest BCUT2D eigenvalue weighted by Crippen LogP contribution is -2.42. The third-order valence-electron chi connectivity index (χ3n) is 5.73. The van der Waals surface area contributed by atoms with E-state index in [-0.39, 0.29) is 30.9 Å². The lowest BCUT2D eigenvalue weighted by atomic mass is 10.2. The van der Waals surface area contributed by atoms with Gasteiger partial charge in [0.25, 0.3) is 0 Å². The molecule has 2 saturated heterocycles. The summed E-state index contributed by atoms with van der Waals surface area (Å²) < 4.78 is 49.6. The first kappa shape index (κ1) is 23.7. The number of nitrogens with zero attached hydrogens (tertiary/aromatic N) is 4. The highest BCUT2D eigenvalue weighted by atomic mass is 19.4. The highest BCUT2D eigenvalue weighted by Gasteiger charge is 2.35. The Morgan fingerprint density at radius 3 is 2.62 bits per heavy atom. The van der Waals surface area contributed by atoms with E-state index in [9.17, 15) is 22.8 Å². The maximum Gasteiger partial charge on any atom is 0.416 e. The molecule has 1 aromatic carbocycles. The summed E-state index contributed by atoms with van der Waals surface area (Å²) in [5, 5.41) is 0. The van der Waals surface area contributed by atoms with E-state index < -0.39 is 17.8 Å². The number of carbonyl (C=O) groups is 2. The molecule has 0 radical (unpaired) electrons. The van der Waals surface area contributed by atoms with Gasteiger partial charge in [0, 0.05) is 44.0 Å². The third-order valence-corrected chi connectivity index (χ3v) is 5.73. The van der Waals surface area contributed by atoms with Crippen LogP contribution in [-0.4, -0.2) is 72.2 Å². The Kier molecular flexibility index (Phi) is 6.80. The SMILES string of the molecule is CCOc1ccc(N2CCN(CC(=O)N3CCC(Oc4cc(C(F)(F)F)ccn4)C3)C2=O)cc1. The first-order valence-electron chi connectivity index (χ1n) is 11.0. The number of alkyl halides is 3. The number of hydrogen-bond donors (Lipinski definition) is 0. The molecule has 0 N–H and O–H groups in total. The van der Waals surface area contributed by atoms with Crippen molar-refractivity contribution < 1.29 is 32.2 Å². The van der Waals surface area contributed by atoms with E-state index in [1.165, 1.54) is 4.90 Å². The van der Waals surface area contributed by atoms with E-state index in [0.717, 1.165) is 29.8 Å². The van der Waals surface area contributed by atoms with Crippen LogP contribution in [0.15, 0.2) is 42.6 Å². The monoisotopic (exact) mass is 478 g/mol. The lowest BCUT2D eigenvalue weighted by Gasteiger charge is -2.22. The third kappa shape index (κ3) is 5.35. The van der Waals surface area contributed by atoms with Gasteiger partial charge in [-0.1, -0.05) is 0 Å². The fraction of sp³-hybridized carbons (Fsp3) is 0.435. The molecule has 0 bridgehead atoms. The van der Waals surface area contributed by atoms with Crippen LogP contribution in [0.1, 0.15) is 18.9 Å². The average Bonchev–Trinajstić information content (AvgIpc) is 3.41. The molecule has 3 amide bonds. The fourth-order valence-corrected chi connectivity index (χ4v) is 3.99. The minimum atomic E-state index is -4.49. The zero-order valence-electron chi connectivity index (χ0n) is 18.6. The lowest BCUT2D eigenvalue weighted by molar-refractivity contribution is -0.137. The van der Waals surface area contributed by atoms with Gasteiger partial charge < -0.3 is 19.3 Å². The van der Waals surface area contributed by atoms with Crippen LogP contribution in [0.25, 0.3) is 0 Å². The number of halogens is 3. The van der Waals surface area contributed by atoms with Crippen LogP contribution >= 0.6 is 0 Å². The summed E-state index contributed by atoms with van der Waals surface area (Å²) >= 11 is 0. The predicted octanol–water partition coefficient (Wildman–Crippen LogP) is 3.42. The molecule has 1 aromatic heterocycles. The molecule has 0 spiro atoms. The molecular weight excluding hydrogens is 453 g/mol. The van der Waals surface area contributed by atoms with E-state index in [1.807, 2.05) is 6.92 Å². The number of anilines is 1. The number of pyridine rings is 1. The Bertz CT molecular complexity index is 1030. The fourth-order valence-electron chi connectivity index (χ4n) is 3.99. The molecule has 2 aromatic rings. The minimum Gasteiger partial charge on any atom is -0.494 e. The van der Waals surface area contributed by atoms with Crippen molar-refractivity contribution in [1.29, 1.82) is 0 Å². The molecule has 3 heterocycles. The molecule has 11 heteroatoms. The molecule has 1 unspecified atom stereocenters. The van der Waals surface area contributed by atoms with Crippen LogP contribution in [0.5, 0.6) is 11.6 Å². The average molecular weight is 478 g/mol. The van der Waals surface area contributed by atoms with Gasteiger partial charge in [-0.05, 0) is 37.3 Å². The van der Waals surface area contributed by atoms with Crippen LogP contribution in [0, 0.1) is 0 Å². The molecule has 2 aliphatic rings. The molecule has 8 nitrogen and oxygen atoms in total. The summed E-state index contributed by atoms with van der Waals surface area (Å²) in [5.41, 5.74) is -0.111. The van der Waals surface area contributed by atoms with Gasteiger partial charge in [-0.15, -0.1) is 0 Å². The van der Waals surface area contributed by atoms with Crippen LogP contribution in [-0.2, 0) is 11.0 Å². The van der Waals surface area contributed by atoms with Crippen molar-refractivity contribution in [2.45, 2.75) is 25.6 Å². The van der Waals surface area contributed by atoms with Crippen molar-refractivity contribution in [1.82, 2.24) is 14.8 Å². The summed E-state index contributed by atoms with van der Waals surface area (Å²) in [4.78, 5) is 34.1. The number of aromatic nitrogens is 1. The first-order valence-corrected chi connectivity index (χ1v) is 11.0.